The molecule has 1 aromatic carbocycles. The van der Waals surface area contributed by atoms with E-state index in [1.165, 1.54) is 100 Å². The van der Waals surface area contributed by atoms with Crippen LogP contribution < -0.4 is 0 Å². The number of aryl methyl sites for hydroxylation is 1. The zero-order valence-corrected chi connectivity index (χ0v) is 16.7. The molecule has 0 aliphatic heterocycles. The highest BCUT2D eigenvalue weighted by Gasteiger charge is 2.13. The second kappa shape index (κ2) is 13.5. The molecular weight excluding hydrogens is 290 g/mol. The Morgan fingerprint density at radius 2 is 1.12 bits per heavy atom. The van der Waals surface area contributed by atoms with Gasteiger partial charge >= 0.3 is 0 Å². The summed E-state index contributed by atoms with van der Waals surface area (Å²) < 4.78 is 1.18. The van der Waals surface area contributed by atoms with Crippen molar-refractivity contribution in [2.45, 2.75) is 84.0 Å². The Morgan fingerprint density at radius 1 is 0.625 bits per heavy atom. The zero-order valence-electron chi connectivity index (χ0n) is 16.7. The topological polar surface area (TPSA) is 0 Å². The molecule has 0 atom stereocenters. The van der Waals surface area contributed by atoms with E-state index in [4.69, 9.17) is 0 Å². The van der Waals surface area contributed by atoms with Gasteiger partial charge in [0.05, 0.1) is 27.2 Å². The van der Waals surface area contributed by atoms with Crippen LogP contribution in [0.25, 0.3) is 0 Å². The minimum atomic E-state index is 1.18. The molecule has 0 saturated heterocycles. The molecule has 0 heterocycles. The first-order chi connectivity index (χ1) is 11.6. The minimum absolute atomic E-state index is 1.18. The van der Waals surface area contributed by atoms with Gasteiger partial charge in [0.15, 0.2) is 0 Å². The Labute approximate surface area is 152 Å². The van der Waals surface area contributed by atoms with E-state index in [9.17, 15) is 0 Å². The predicted octanol–water partition coefficient (Wildman–Crippen LogP) is 6.62. The van der Waals surface area contributed by atoms with Crippen molar-refractivity contribution in [3.8, 4) is 0 Å². The second-order valence-electron chi connectivity index (χ2n) is 8.15. The van der Waals surface area contributed by atoms with Gasteiger partial charge in [-0.05, 0) is 24.8 Å². The first-order valence-corrected chi connectivity index (χ1v) is 10.5. The standard InChI is InChI=1S/C23H42N/c1-4-5-6-7-8-9-10-11-12-16-21-24(2,3)22-17-20-23-18-14-13-15-19-23/h13-15,18-19H,4-12,16-17,20-22H2,1-3H3/q+1. The van der Waals surface area contributed by atoms with Gasteiger partial charge < -0.3 is 4.48 Å². The Balaban J connectivity index is 1.95. The van der Waals surface area contributed by atoms with Crippen LogP contribution in [0.2, 0.25) is 0 Å². The van der Waals surface area contributed by atoms with Crippen molar-refractivity contribution in [2.75, 3.05) is 27.2 Å². The molecule has 0 aliphatic rings. The molecule has 1 aromatic rings. The maximum atomic E-state index is 2.40. The van der Waals surface area contributed by atoms with Crippen molar-refractivity contribution in [1.29, 1.82) is 0 Å². The molecule has 0 unspecified atom stereocenters. The Bertz CT molecular complexity index is 382. The van der Waals surface area contributed by atoms with Gasteiger partial charge in [-0.25, -0.2) is 0 Å². The van der Waals surface area contributed by atoms with Crippen LogP contribution in [-0.4, -0.2) is 31.7 Å². The quantitative estimate of drug-likeness (QED) is 0.250. The van der Waals surface area contributed by atoms with E-state index in [-0.39, 0.29) is 0 Å². The summed E-state index contributed by atoms with van der Waals surface area (Å²) in [7, 11) is 4.80. The van der Waals surface area contributed by atoms with Crippen LogP contribution in [0.15, 0.2) is 30.3 Å². The van der Waals surface area contributed by atoms with Crippen LogP contribution in [0.3, 0.4) is 0 Å². The maximum absolute atomic E-state index is 2.40. The highest BCUT2D eigenvalue weighted by Crippen LogP contribution is 2.12. The average Bonchev–Trinajstić information content (AvgIpc) is 2.57. The van der Waals surface area contributed by atoms with Crippen LogP contribution in [0.5, 0.6) is 0 Å². The fraction of sp³-hybridized carbons (Fsp3) is 0.739. The van der Waals surface area contributed by atoms with Crippen molar-refractivity contribution in [1.82, 2.24) is 0 Å². The molecule has 0 bridgehead atoms. The van der Waals surface area contributed by atoms with Crippen molar-refractivity contribution in [2.24, 2.45) is 0 Å². The third-order valence-corrected chi connectivity index (χ3v) is 5.19. The van der Waals surface area contributed by atoms with Crippen LogP contribution in [0, 0.1) is 0 Å². The van der Waals surface area contributed by atoms with Gasteiger partial charge in [-0.1, -0.05) is 88.6 Å². The summed E-state index contributed by atoms with van der Waals surface area (Å²) >= 11 is 0. The van der Waals surface area contributed by atoms with Gasteiger partial charge in [-0.3, -0.25) is 0 Å². The molecule has 1 heteroatoms. The number of nitrogens with zero attached hydrogens (tertiary/aromatic N) is 1. The molecule has 1 nitrogen and oxygen atoms in total. The van der Waals surface area contributed by atoms with Crippen LogP contribution in [0.1, 0.15) is 83.1 Å². The molecule has 0 radical (unpaired) electrons. The third kappa shape index (κ3) is 11.7. The van der Waals surface area contributed by atoms with Gasteiger partial charge in [0.25, 0.3) is 0 Å². The first-order valence-electron chi connectivity index (χ1n) is 10.5. The van der Waals surface area contributed by atoms with Gasteiger partial charge in [0, 0.05) is 6.42 Å². The number of hydrogen-bond acceptors (Lipinski definition) is 0. The van der Waals surface area contributed by atoms with E-state index in [0.717, 1.165) is 0 Å². The largest absolute Gasteiger partial charge is 0.328 e. The molecule has 0 fully saturated rings. The van der Waals surface area contributed by atoms with E-state index in [0.29, 0.717) is 0 Å². The zero-order chi connectivity index (χ0) is 17.5. The monoisotopic (exact) mass is 332 g/mol. The van der Waals surface area contributed by atoms with Crippen molar-refractivity contribution >= 4 is 0 Å². The SMILES string of the molecule is CCCCCCCCCCCC[N+](C)(C)CCCc1ccccc1. The van der Waals surface area contributed by atoms with Gasteiger partial charge in [0.2, 0.25) is 0 Å². The average molecular weight is 333 g/mol. The van der Waals surface area contributed by atoms with E-state index in [1.807, 2.05) is 0 Å². The number of quaternary nitrogens is 1. The maximum Gasteiger partial charge on any atom is 0.0785 e. The highest BCUT2D eigenvalue weighted by atomic mass is 15.3. The van der Waals surface area contributed by atoms with Gasteiger partial charge in [0.1, 0.15) is 0 Å². The van der Waals surface area contributed by atoms with Crippen LogP contribution in [0.4, 0.5) is 0 Å². The Hall–Kier alpha value is -0.820. The first kappa shape index (κ1) is 21.2. The number of benzene rings is 1. The van der Waals surface area contributed by atoms with Gasteiger partial charge in [-0.2, -0.15) is 0 Å². The lowest BCUT2D eigenvalue weighted by molar-refractivity contribution is -0.890. The normalized spacial score (nSPS) is 11.8. The summed E-state index contributed by atoms with van der Waals surface area (Å²) in [5.41, 5.74) is 1.48. The van der Waals surface area contributed by atoms with Crippen molar-refractivity contribution in [3.63, 3.8) is 0 Å². The van der Waals surface area contributed by atoms with Crippen molar-refractivity contribution < 1.29 is 4.48 Å². The summed E-state index contributed by atoms with van der Waals surface area (Å²) in [6, 6.07) is 10.9. The highest BCUT2D eigenvalue weighted by molar-refractivity contribution is 5.14. The number of rotatable bonds is 15. The van der Waals surface area contributed by atoms with Gasteiger partial charge in [-0.15, -0.1) is 0 Å². The Kier molecular flexibility index (Phi) is 11.9. The predicted molar refractivity (Wildman–Crippen MR) is 108 cm³/mol. The minimum Gasteiger partial charge on any atom is -0.328 e. The summed E-state index contributed by atoms with van der Waals surface area (Å²) in [6.07, 6.45) is 16.9. The number of hydrogen-bond donors (Lipinski definition) is 0. The van der Waals surface area contributed by atoms with Crippen LogP contribution >= 0.6 is 0 Å². The summed E-state index contributed by atoms with van der Waals surface area (Å²) in [6.45, 7) is 4.93. The lowest BCUT2D eigenvalue weighted by Gasteiger charge is -2.30. The molecule has 0 amide bonds. The fourth-order valence-corrected chi connectivity index (χ4v) is 3.49. The molecule has 0 spiro atoms. The molecule has 0 aliphatic carbocycles. The third-order valence-electron chi connectivity index (χ3n) is 5.19. The Morgan fingerprint density at radius 3 is 1.71 bits per heavy atom. The van der Waals surface area contributed by atoms with E-state index < -0.39 is 0 Å². The molecule has 0 saturated carbocycles. The molecule has 24 heavy (non-hydrogen) atoms. The molecule has 0 N–H and O–H groups in total. The summed E-state index contributed by atoms with van der Waals surface area (Å²) in [4.78, 5) is 0. The fourth-order valence-electron chi connectivity index (χ4n) is 3.49. The summed E-state index contributed by atoms with van der Waals surface area (Å²) in [5, 5.41) is 0. The molecule has 1 rings (SSSR count). The molecular formula is C23H42N+. The molecule has 0 aromatic heterocycles. The summed E-state index contributed by atoms with van der Waals surface area (Å²) in [5.74, 6) is 0. The van der Waals surface area contributed by atoms with E-state index in [1.54, 1.807) is 0 Å². The smallest absolute Gasteiger partial charge is 0.0785 e. The van der Waals surface area contributed by atoms with E-state index in [2.05, 4.69) is 51.4 Å². The van der Waals surface area contributed by atoms with E-state index >= 15 is 0 Å². The van der Waals surface area contributed by atoms with Crippen molar-refractivity contribution in [3.05, 3.63) is 35.9 Å². The lowest BCUT2D eigenvalue weighted by atomic mass is 10.1. The lowest BCUT2D eigenvalue weighted by Crippen LogP contribution is -2.41. The number of unbranched alkanes of at least 4 members (excludes halogenated alkanes) is 9. The molecule has 138 valence electrons. The van der Waals surface area contributed by atoms with Crippen LogP contribution in [-0.2, 0) is 6.42 Å². The second-order valence-corrected chi connectivity index (χ2v) is 8.15.